The number of nitrogens with one attached hydrogen (secondary N) is 2. The van der Waals surface area contributed by atoms with Gasteiger partial charge in [-0.05, 0) is 53.9 Å². The van der Waals surface area contributed by atoms with Crippen molar-refractivity contribution in [2.45, 2.75) is 64.1 Å². The zero-order valence-electron chi connectivity index (χ0n) is 13.3. The molecular formula is C15H25BrN2O2S. The van der Waals surface area contributed by atoms with Crippen molar-refractivity contribution in [2.75, 3.05) is 0 Å². The topological polar surface area (TPSA) is 58.2 Å². The normalized spacial score (nSPS) is 12.9. The summed E-state index contributed by atoms with van der Waals surface area (Å²) in [5, 5.41) is 3.29. The van der Waals surface area contributed by atoms with E-state index in [9.17, 15) is 8.42 Å². The molecular weight excluding hydrogens is 352 g/mol. The summed E-state index contributed by atoms with van der Waals surface area (Å²) in [6, 6.07) is 5.77. The van der Waals surface area contributed by atoms with Gasteiger partial charge in [-0.25, -0.2) is 13.1 Å². The summed E-state index contributed by atoms with van der Waals surface area (Å²) in [5.74, 6) is 0. The lowest BCUT2D eigenvalue weighted by atomic mass is 10.0. The molecule has 1 rings (SSSR count). The summed E-state index contributed by atoms with van der Waals surface area (Å²) in [5.41, 5.74) is 0.478. The first-order chi connectivity index (χ1) is 9.57. The van der Waals surface area contributed by atoms with Crippen LogP contribution in [0, 0.1) is 0 Å². The van der Waals surface area contributed by atoms with Gasteiger partial charge in [0.2, 0.25) is 10.0 Å². The van der Waals surface area contributed by atoms with E-state index in [1.54, 1.807) is 12.1 Å². The highest BCUT2D eigenvalue weighted by Crippen LogP contribution is 2.25. The smallest absolute Gasteiger partial charge is 0.242 e. The van der Waals surface area contributed by atoms with Crippen molar-refractivity contribution in [2.24, 2.45) is 0 Å². The molecule has 6 heteroatoms. The SMILES string of the molecule is CCC(C)(C)NS(=O)(=O)c1cc(CNC(C)C)ccc1Br. The lowest BCUT2D eigenvalue weighted by molar-refractivity contribution is 0.439. The molecule has 0 aliphatic rings. The minimum absolute atomic E-state index is 0.284. The van der Waals surface area contributed by atoms with Crippen LogP contribution in [0.1, 0.15) is 46.6 Å². The fourth-order valence-corrected chi connectivity index (χ4v) is 4.18. The van der Waals surface area contributed by atoms with Gasteiger partial charge in [-0.15, -0.1) is 0 Å². The molecule has 0 spiro atoms. The van der Waals surface area contributed by atoms with Crippen LogP contribution < -0.4 is 10.0 Å². The molecule has 2 N–H and O–H groups in total. The molecule has 0 heterocycles. The average molecular weight is 377 g/mol. The second kappa shape index (κ2) is 7.22. The third kappa shape index (κ3) is 5.70. The predicted molar refractivity (Wildman–Crippen MR) is 90.8 cm³/mol. The van der Waals surface area contributed by atoms with Crippen molar-refractivity contribution in [1.82, 2.24) is 10.0 Å². The zero-order valence-corrected chi connectivity index (χ0v) is 15.7. The van der Waals surface area contributed by atoms with Crippen LogP contribution >= 0.6 is 15.9 Å². The van der Waals surface area contributed by atoms with Crippen molar-refractivity contribution in [3.63, 3.8) is 0 Å². The fourth-order valence-electron chi connectivity index (χ4n) is 1.68. The Balaban J connectivity index is 3.08. The van der Waals surface area contributed by atoms with Gasteiger partial charge in [0, 0.05) is 22.6 Å². The summed E-state index contributed by atoms with van der Waals surface area (Å²) in [6.07, 6.45) is 0.721. The quantitative estimate of drug-likeness (QED) is 0.766. The Morgan fingerprint density at radius 3 is 2.43 bits per heavy atom. The van der Waals surface area contributed by atoms with Crippen molar-refractivity contribution in [3.8, 4) is 0 Å². The van der Waals surface area contributed by atoms with Crippen LogP contribution in [-0.2, 0) is 16.6 Å². The Bertz CT molecular complexity index is 583. The number of hydrogen-bond donors (Lipinski definition) is 2. The first kappa shape index (κ1) is 18.6. The Labute approximate surface area is 136 Å². The van der Waals surface area contributed by atoms with E-state index >= 15 is 0 Å². The van der Waals surface area contributed by atoms with E-state index in [2.05, 4.69) is 39.8 Å². The molecule has 0 bridgehead atoms. The van der Waals surface area contributed by atoms with Gasteiger partial charge in [-0.1, -0.05) is 26.8 Å². The summed E-state index contributed by atoms with van der Waals surface area (Å²) >= 11 is 3.34. The molecule has 0 fully saturated rings. The van der Waals surface area contributed by atoms with E-state index in [1.807, 2.05) is 26.8 Å². The molecule has 1 aromatic carbocycles. The zero-order chi connectivity index (χ0) is 16.3. The van der Waals surface area contributed by atoms with Crippen molar-refractivity contribution < 1.29 is 8.42 Å². The van der Waals surface area contributed by atoms with E-state index in [0.29, 0.717) is 17.1 Å². The van der Waals surface area contributed by atoms with Crippen molar-refractivity contribution in [3.05, 3.63) is 28.2 Å². The third-order valence-corrected chi connectivity index (χ3v) is 5.99. The maximum atomic E-state index is 12.6. The highest BCUT2D eigenvalue weighted by atomic mass is 79.9. The average Bonchev–Trinajstić information content (AvgIpc) is 2.36. The fraction of sp³-hybridized carbons (Fsp3) is 0.600. The van der Waals surface area contributed by atoms with Gasteiger partial charge in [-0.3, -0.25) is 0 Å². The van der Waals surface area contributed by atoms with Gasteiger partial charge in [0.05, 0.1) is 4.90 Å². The number of halogens is 1. The van der Waals surface area contributed by atoms with Gasteiger partial charge in [-0.2, -0.15) is 0 Å². The van der Waals surface area contributed by atoms with Gasteiger partial charge in [0.1, 0.15) is 0 Å². The third-order valence-electron chi connectivity index (χ3n) is 3.29. The highest BCUT2D eigenvalue weighted by molar-refractivity contribution is 9.10. The predicted octanol–water partition coefficient (Wildman–Crippen LogP) is 3.41. The van der Waals surface area contributed by atoms with Crippen molar-refractivity contribution >= 4 is 26.0 Å². The lowest BCUT2D eigenvalue weighted by Gasteiger charge is -2.24. The number of hydrogen-bond acceptors (Lipinski definition) is 3. The maximum absolute atomic E-state index is 12.6. The Morgan fingerprint density at radius 2 is 1.90 bits per heavy atom. The van der Waals surface area contributed by atoms with Crippen LogP contribution in [0.3, 0.4) is 0 Å². The highest BCUT2D eigenvalue weighted by Gasteiger charge is 2.26. The first-order valence-electron chi connectivity index (χ1n) is 7.13. The van der Waals surface area contributed by atoms with Crippen LogP contribution in [0.15, 0.2) is 27.6 Å². The Kier molecular flexibility index (Phi) is 6.40. The second-order valence-corrected chi connectivity index (χ2v) is 8.65. The molecule has 120 valence electrons. The van der Waals surface area contributed by atoms with E-state index < -0.39 is 15.6 Å². The van der Waals surface area contributed by atoms with Crippen LogP contribution in [0.4, 0.5) is 0 Å². The lowest BCUT2D eigenvalue weighted by Crippen LogP contribution is -2.42. The van der Waals surface area contributed by atoms with E-state index in [0.717, 1.165) is 12.0 Å². The van der Waals surface area contributed by atoms with Crippen LogP contribution in [0.5, 0.6) is 0 Å². The number of sulfonamides is 1. The van der Waals surface area contributed by atoms with E-state index in [-0.39, 0.29) is 4.90 Å². The molecule has 0 aliphatic carbocycles. The largest absolute Gasteiger partial charge is 0.310 e. The van der Waals surface area contributed by atoms with Gasteiger partial charge in [0.15, 0.2) is 0 Å². The van der Waals surface area contributed by atoms with Crippen LogP contribution in [-0.4, -0.2) is 20.0 Å². The van der Waals surface area contributed by atoms with Gasteiger partial charge in [0.25, 0.3) is 0 Å². The van der Waals surface area contributed by atoms with Crippen molar-refractivity contribution in [1.29, 1.82) is 0 Å². The molecule has 21 heavy (non-hydrogen) atoms. The summed E-state index contributed by atoms with van der Waals surface area (Å²) in [7, 11) is -3.55. The molecule has 4 nitrogen and oxygen atoms in total. The Hall–Kier alpha value is -0.430. The molecule has 0 saturated heterocycles. The maximum Gasteiger partial charge on any atom is 0.242 e. The standard InChI is InChI=1S/C15H25BrN2O2S/c1-6-15(4,5)18-21(19,20)14-9-12(7-8-13(14)16)10-17-11(2)3/h7-9,11,17-18H,6,10H2,1-5H3. The molecule has 0 aromatic heterocycles. The summed E-state index contributed by atoms with van der Waals surface area (Å²) in [6.45, 7) is 10.5. The molecule has 0 atom stereocenters. The van der Waals surface area contributed by atoms with Crippen LogP contribution in [0.25, 0.3) is 0 Å². The minimum atomic E-state index is -3.55. The minimum Gasteiger partial charge on any atom is -0.310 e. The first-order valence-corrected chi connectivity index (χ1v) is 9.41. The molecule has 1 aromatic rings. The van der Waals surface area contributed by atoms with Gasteiger partial charge >= 0.3 is 0 Å². The molecule has 0 saturated carbocycles. The molecule has 0 aliphatic heterocycles. The summed E-state index contributed by atoms with van der Waals surface area (Å²) < 4.78 is 28.4. The van der Waals surface area contributed by atoms with Crippen LogP contribution in [0.2, 0.25) is 0 Å². The van der Waals surface area contributed by atoms with Gasteiger partial charge < -0.3 is 5.32 Å². The Morgan fingerprint density at radius 1 is 1.29 bits per heavy atom. The molecule has 0 radical (unpaired) electrons. The van der Waals surface area contributed by atoms with E-state index in [4.69, 9.17) is 0 Å². The molecule has 0 unspecified atom stereocenters. The number of benzene rings is 1. The monoisotopic (exact) mass is 376 g/mol. The second-order valence-electron chi connectivity index (χ2n) is 6.14. The van der Waals surface area contributed by atoms with E-state index in [1.165, 1.54) is 0 Å². The summed E-state index contributed by atoms with van der Waals surface area (Å²) in [4.78, 5) is 0.284. The number of rotatable bonds is 7. The molecule has 0 amide bonds.